The first-order valence-electron chi connectivity index (χ1n) is 6.76. The lowest BCUT2D eigenvalue weighted by molar-refractivity contribution is 0.0949. The molecular weight excluding hydrogens is 299 g/mol. The Labute approximate surface area is 131 Å². The van der Waals surface area contributed by atoms with Crippen LogP contribution < -0.4 is 5.32 Å². The highest BCUT2D eigenvalue weighted by Crippen LogP contribution is 2.20. The molecule has 23 heavy (non-hydrogen) atoms. The molecule has 2 aromatic heterocycles. The van der Waals surface area contributed by atoms with Gasteiger partial charge in [-0.2, -0.15) is 0 Å². The van der Waals surface area contributed by atoms with Crippen molar-refractivity contribution in [1.29, 1.82) is 0 Å². The van der Waals surface area contributed by atoms with E-state index in [-0.39, 0.29) is 17.8 Å². The minimum atomic E-state index is -0.436. The maximum absolute atomic E-state index is 13.4. The van der Waals surface area contributed by atoms with E-state index in [1.165, 1.54) is 18.4 Å². The first-order chi connectivity index (χ1) is 11.2. The van der Waals surface area contributed by atoms with Crippen LogP contribution in [0.2, 0.25) is 0 Å². The van der Waals surface area contributed by atoms with Crippen molar-refractivity contribution in [3.63, 3.8) is 0 Å². The molecule has 114 valence electrons. The third kappa shape index (κ3) is 3.47. The van der Waals surface area contributed by atoms with E-state index in [1.807, 2.05) is 0 Å². The standard InChI is InChI=1S/C17H11FN2O3/c18-13-7-2-1-5-12(13)6-3-9-19-17(21)14-11-16(23-20-14)15-8-4-10-22-15/h1-2,4-5,7-8,10-11H,9H2,(H,19,21). The van der Waals surface area contributed by atoms with Crippen molar-refractivity contribution < 1.29 is 18.1 Å². The van der Waals surface area contributed by atoms with Crippen LogP contribution in [-0.2, 0) is 0 Å². The van der Waals surface area contributed by atoms with Crippen molar-refractivity contribution in [2.45, 2.75) is 0 Å². The van der Waals surface area contributed by atoms with Gasteiger partial charge in [0, 0.05) is 6.07 Å². The first-order valence-corrected chi connectivity index (χ1v) is 6.76. The van der Waals surface area contributed by atoms with Crippen molar-refractivity contribution in [3.8, 4) is 23.4 Å². The van der Waals surface area contributed by atoms with E-state index in [2.05, 4.69) is 22.3 Å². The number of carbonyl (C=O) groups is 1. The smallest absolute Gasteiger partial charge is 0.274 e. The number of amides is 1. The Kier molecular flexibility index (Phi) is 4.20. The maximum Gasteiger partial charge on any atom is 0.274 e. The van der Waals surface area contributed by atoms with Gasteiger partial charge < -0.3 is 14.3 Å². The zero-order chi connectivity index (χ0) is 16.1. The predicted molar refractivity (Wildman–Crippen MR) is 79.8 cm³/mol. The molecule has 3 aromatic rings. The SMILES string of the molecule is O=C(NCC#Cc1ccccc1F)c1cc(-c2ccco2)on1. The number of rotatable bonds is 3. The summed E-state index contributed by atoms with van der Waals surface area (Å²) in [6, 6.07) is 11.0. The van der Waals surface area contributed by atoms with Gasteiger partial charge in [-0.25, -0.2) is 4.39 Å². The van der Waals surface area contributed by atoms with Gasteiger partial charge in [0.1, 0.15) is 5.82 Å². The topological polar surface area (TPSA) is 68.3 Å². The lowest BCUT2D eigenvalue weighted by Crippen LogP contribution is -2.23. The monoisotopic (exact) mass is 310 g/mol. The summed E-state index contributed by atoms with van der Waals surface area (Å²) in [6.45, 7) is 0.0656. The molecule has 0 saturated carbocycles. The van der Waals surface area contributed by atoms with Crippen LogP contribution >= 0.6 is 0 Å². The fourth-order valence-electron chi connectivity index (χ4n) is 1.83. The zero-order valence-corrected chi connectivity index (χ0v) is 11.9. The van der Waals surface area contributed by atoms with E-state index in [1.54, 1.807) is 30.3 Å². The summed E-state index contributed by atoms with van der Waals surface area (Å²) in [6.07, 6.45) is 1.50. The quantitative estimate of drug-likeness (QED) is 0.755. The van der Waals surface area contributed by atoms with Gasteiger partial charge >= 0.3 is 0 Å². The molecule has 0 aliphatic heterocycles. The van der Waals surface area contributed by atoms with Gasteiger partial charge in [0.15, 0.2) is 11.5 Å². The van der Waals surface area contributed by atoms with Crippen LogP contribution in [0.4, 0.5) is 4.39 Å². The molecule has 0 atom stereocenters. The van der Waals surface area contributed by atoms with Gasteiger partial charge in [-0.05, 0) is 24.3 Å². The van der Waals surface area contributed by atoms with Gasteiger partial charge in [0.2, 0.25) is 5.76 Å². The van der Waals surface area contributed by atoms with Crippen LogP contribution in [0.3, 0.4) is 0 Å². The molecule has 0 unspecified atom stereocenters. The summed E-state index contributed by atoms with van der Waals surface area (Å²) >= 11 is 0. The first kappa shape index (κ1) is 14.6. The second kappa shape index (κ2) is 6.62. The van der Waals surface area contributed by atoms with Gasteiger partial charge in [-0.15, -0.1) is 0 Å². The van der Waals surface area contributed by atoms with Gasteiger partial charge in [-0.1, -0.05) is 29.1 Å². The van der Waals surface area contributed by atoms with Crippen LogP contribution in [0.5, 0.6) is 0 Å². The summed E-state index contributed by atoms with van der Waals surface area (Å²) in [7, 11) is 0. The van der Waals surface area contributed by atoms with E-state index in [9.17, 15) is 9.18 Å². The zero-order valence-electron chi connectivity index (χ0n) is 11.9. The number of carbonyl (C=O) groups excluding carboxylic acids is 1. The fourth-order valence-corrected chi connectivity index (χ4v) is 1.83. The van der Waals surface area contributed by atoms with Crippen molar-refractivity contribution in [2.24, 2.45) is 0 Å². The molecule has 2 heterocycles. The van der Waals surface area contributed by atoms with Gasteiger partial charge in [0.25, 0.3) is 5.91 Å². The largest absolute Gasteiger partial charge is 0.461 e. The van der Waals surface area contributed by atoms with Crippen LogP contribution in [0.15, 0.2) is 57.7 Å². The number of hydrogen-bond acceptors (Lipinski definition) is 4. The second-order valence-electron chi connectivity index (χ2n) is 4.52. The van der Waals surface area contributed by atoms with Crippen molar-refractivity contribution in [3.05, 3.63) is 65.8 Å². The number of hydrogen-bond donors (Lipinski definition) is 1. The Morgan fingerprint density at radius 2 is 2.09 bits per heavy atom. The molecule has 3 rings (SSSR count). The van der Waals surface area contributed by atoms with E-state index in [0.717, 1.165) is 0 Å². The molecule has 1 N–H and O–H groups in total. The molecule has 0 fully saturated rings. The molecule has 1 amide bonds. The Morgan fingerprint density at radius 1 is 1.22 bits per heavy atom. The highest BCUT2D eigenvalue weighted by molar-refractivity contribution is 5.93. The van der Waals surface area contributed by atoms with E-state index >= 15 is 0 Å². The van der Waals surface area contributed by atoms with Gasteiger partial charge in [0.05, 0.1) is 18.4 Å². The normalized spacial score (nSPS) is 9.96. The summed E-state index contributed by atoms with van der Waals surface area (Å²) in [5.74, 6) is 5.34. The average Bonchev–Trinajstić information content (AvgIpc) is 3.23. The van der Waals surface area contributed by atoms with Crippen LogP contribution in [0.25, 0.3) is 11.5 Å². The highest BCUT2D eigenvalue weighted by atomic mass is 19.1. The number of nitrogens with one attached hydrogen (secondary N) is 1. The lowest BCUT2D eigenvalue weighted by Gasteiger charge is -1.95. The third-order valence-corrected chi connectivity index (χ3v) is 2.94. The molecule has 0 aliphatic rings. The molecule has 0 bridgehead atoms. The summed E-state index contributed by atoms with van der Waals surface area (Å²) < 4.78 is 23.5. The van der Waals surface area contributed by atoms with E-state index in [0.29, 0.717) is 11.5 Å². The van der Waals surface area contributed by atoms with Crippen molar-refractivity contribution in [1.82, 2.24) is 10.5 Å². The average molecular weight is 310 g/mol. The van der Waals surface area contributed by atoms with Crippen LogP contribution in [0.1, 0.15) is 16.1 Å². The summed E-state index contributed by atoms with van der Waals surface area (Å²) in [4.78, 5) is 11.9. The molecule has 0 saturated heterocycles. The number of halogens is 1. The predicted octanol–water partition coefficient (Wildman–Crippen LogP) is 2.86. The number of aromatic nitrogens is 1. The Hall–Kier alpha value is -3.33. The molecule has 6 heteroatoms. The summed E-state index contributed by atoms with van der Waals surface area (Å²) in [5, 5.41) is 6.23. The number of benzene rings is 1. The molecule has 5 nitrogen and oxygen atoms in total. The van der Waals surface area contributed by atoms with E-state index < -0.39 is 11.7 Å². The minimum absolute atomic E-state index is 0.0656. The second-order valence-corrected chi connectivity index (χ2v) is 4.52. The summed E-state index contributed by atoms with van der Waals surface area (Å²) in [5.41, 5.74) is 0.396. The molecule has 0 aliphatic carbocycles. The van der Waals surface area contributed by atoms with Crippen molar-refractivity contribution >= 4 is 5.91 Å². The Bertz CT molecular complexity index is 873. The fraction of sp³-hybridized carbons (Fsp3) is 0.0588. The number of furan rings is 1. The molecule has 1 aromatic carbocycles. The Balaban J connectivity index is 1.59. The molecule has 0 radical (unpaired) electrons. The third-order valence-electron chi connectivity index (χ3n) is 2.94. The lowest BCUT2D eigenvalue weighted by atomic mass is 10.2. The van der Waals surface area contributed by atoms with Crippen molar-refractivity contribution in [2.75, 3.05) is 6.54 Å². The highest BCUT2D eigenvalue weighted by Gasteiger charge is 2.14. The maximum atomic E-state index is 13.4. The minimum Gasteiger partial charge on any atom is -0.461 e. The molecule has 0 spiro atoms. The molecular formula is C17H11FN2O3. The van der Waals surface area contributed by atoms with Gasteiger partial charge in [-0.3, -0.25) is 4.79 Å². The van der Waals surface area contributed by atoms with Crippen LogP contribution in [0, 0.1) is 17.7 Å². The number of nitrogens with zero attached hydrogens (tertiary/aromatic N) is 1. The Morgan fingerprint density at radius 3 is 2.87 bits per heavy atom. The van der Waals surface area contributed by atoms with E-state index in [4.69, 9.17) is 8.94 Å². The van der Waals surface area contributed by atoms with Crippen LogP contribution in [-0.4, -0.2) is 17.6 Å².